The summed E-state index contributed by atoms with van der Waals surface area (Å²) >= 11 is 3.52. The molecule has 176 valence electrons. The van der Waals surface area contributed by atoms with Gasteiger partial charge in [0, 0.05) is 10.0 Å². The third-order valence-corrected chi connectivity index (χ3v) is 6.16. The number of cyclic esters (lactones) is 1. The van der Waals surface area contributed by atoms with Gasteiger partial charge in [-0.3, -0.25) is 9.69 Å². The van der Waals surface area contributed by atoms with E-state index in [1.54, 1.807) is 11.8 Å². The van der Waals surface area contributed by atoms with E-state index >= 15 is 0 Å². The minimum atomic E-state index is -0.358. The SMILES string of the molecule is CCOC(=O)Cc1cccc(Oc2ccc(Br)cc2CN2C(=O)OC(c3ccccc3)C2C)c1. The van der Waals surface area contributed by atoms with E-state index in [9.17, 15) is 9.59 Å². The number of carbonyl (C=O) groups is 2. The van der Waals surface area contributed by atoms with Crippen LogP contribution in [-0.2, 0) is 27.2 Å². The van der Waals surface area contributed by atoms with E-state index in [4.69, 9.17) is 14.2 Å². The number of esters is 1. The first-order valence-corrected chi connectivity index (χ1v) is 12.0. The monoisotopic (exact) mass is 523 g/mol. The lowest BCUT2D eigenvalue weighted by atomic mass is 10.0. The molecule has 3 aromatic carbocycles. The molecule has 2 unspecified atom stereocenters. The molecule has 1 aliphatic heterocycles. The summed E-state index contributed by atoms with van der Waals surface area (Å²) in [7, 11) is 0. The molecule has 0 radical (unpaired) electrons. The van der Waals surface area contributed by atoms with Crippen molar-refractivity contribution in [1.82, 2.24) is 4.90 Å². The first-order chi connectivity index (χ1) is 16.4. The van der Waals surface area contributed by atoms with Gasteiger partial charge in [0.05, 0.1) is 25.6 Å². The molecule has 1 saturated heterocycles. The highest BCUT2D eigenvalue weighted by molar-refractivity contribution is 9.10. The van der Waals surface area contributed by atoms with Gasteiger partial charge in [0.1, 0.15) is 17.6 Å². The van der Waals surface area contributed by atoms with Crippen molar-refractivity contribution in [1.29, 1.82) is 0 Å². The minimum Gasteiger partial charge on any atom is -0.466 e. The summed E-state index contributed by atoms with van der Waals surface area (Å²) in [5.74, 6) is 0.947. The number of amides is 1. The largest absolute Gasteiger partial charge is 0.466 e. The van der Waals surface area contributed by atoms with E-state index in [1.165, 1.54) is 0 Å². The van der Waals surface area contributed by atoms with Crippen LogP contribution in [0.4, 0.5) is 4.79 Å². The highest BCUT2D eigenvalue weighted by atomic mass is 79.9. The molecule has 7 heteroatoms. The minimum absolute atomic E-state index is 0.144. The Labute approximate surface area is 207 Å². The smallest absolute Gasteiger partial charge is 0.411 e. The Kier molecular flexibility index (Phi) is 7.53. The Balaban J connectivity index is 1.53. The van der Waals surface area contributed by atoms with Crippen LogP contribution in [0.25, 0.3) is 0 Å². The number of hydrogen-bond acceptors (Lipinski definition) is 5. The molecular weight excluding hydrogens is 498 g/mol. The third kappa shape index (κ3) is 5.59. The van der Waals surface area contributed by atoms with Gasteiger partial charge in [0.2, 0.25) is 0 Å². The number of benzene rings is 3. The van der Waals surface area contributed by atoms with Gasteiger partial charge in [0.15, 0.2) is 0 Å². The second-order valence-corrected chi connectivity index (χ2v) is 8.98. The fourth-order valence-electron chi connectivity index (χ4n) is 3.98. The van der Waals surface area contributed by atoms with Gasteiger partial charge in [-0.1, -0.05) is 58.4 Å². The molecule has 1 amide bonds. The van der Waals surface area contributed by atoms with Crippen molar-refractivity contribution in [2.24, 2.45) is 0 Å². The topological polar surface area (TPSA) is 65.1 Å². The zero-order valence-electron chi connectivity index (χ0n) is 19.1. The van der Waals surface area contributed by atoms with Crippen LogP contribution in [0.3, 0.4) is 0 Å². The van der Waals surface area contributed by atoms with Gasteiger partial charge in [-0.15, -0.1) is 0 Å². The number of halogens is 1. The number of ether oxygens (including phenoxy) is 3. The predicted molar refractivity (Wildman–Crippen MR) is 132 cm³/mol. The van der Waals surface area contributed by atoms with E-state index in [-0.39, 0.29) is 30.6 Å². The van der Waals surface area contributed by atoms with Gasteiger partial charge >= 0.3 is 12.1 Å². The number of rotatable bonds is 8. The van der Waals surface area contributed by atoms with Crippen molar-refractivity contribution in [2.45, 2.75) is 39.0 Å². The van der Waals surface area contributed by atoms with Gasteiger partial charge in [-0.05, 0) is 55.3 Å². The number of nitrogens with zero attached hydrogens (tertiary/aromatic N) is 1. The average molecular weight is 524 g/mol. The second-order valence-electron chi connectivity index (χ2n) is 8.07. The van der Waals surface area contributed by atoms with Gasteiger partial charge in [-0.25, -0.2) is 4.79 Å². The Morgan fingerprint density at radius 1 is 1.06 bits per heavy atom. The van der Waals surface area contributed by atoms with Crippen LogP contribution in [0.15, 0.2) is 77.3 Å². The Morgan fingerprint density at radius 3 is 2.62 bits per heavy atom. The summed E-state index contributed by atoms with van der Waals surface area (Å²) in [6.07, 6.45) is -0.510. The normalized spacial score (nSPS) is 17.4. The van der Waals surface area contributed by atoms with Gasteiger partial charge in [0.25, 0.3) is 0 Å². The lowest BCUT2D eigenvalue weighted by Crippen LogP contribution is -2.31. The van der Waals surface area contributed by atoms with Crippen LogP contribution in [0.2, 0.25) is 0 Å². The van der Waals surface area contributed by atoms with Crippen LogP contribution in [0.5, 0.6) is 11.5 Å². The molecule has 0 spiro atoms. The van der Waals surface area contributed by atoms with E-state index in [0.29, 0.717) is 24.7 Å². The molecule has 2 atom stereocenters. The molecule has 0 aliphatic carbocycles. The Hall–Kier alpha value is -3.32. The quantitative estimate of drug-likeness (QED) is 0.318. The standard InChI is InChI=1S/C27H26BrNO5/c1-3-32-25(30)15-19-8-7-11-23(14-19)33-24-13-12-22(28)16-21(24)17-29-18(2)26(34-27(29)31)20-9-5-4-6-10-20/h4-14,16,18,26H,3,15,17H2,1-2H3. The second kappa shape index (κ2) is 10.7. The molecule has 4 rings (SSSR count). The molecule has 0 bridgehead atoms. The molecule has 3 aromatic rings. The fourth-order valence-corrected chi connectivity index (χ4v) is 4.39. The maximum atomic E-state index is 12.7. The first-order valence-electron chi connectivity index (χ1n) is 11.2. The summed E-state index contributed by atoms with van der Waals surface area (Å²) in [5, 5.41) is 0. The van der Waals surface area contributed by atoms with Crippen molar-refractivity contribution in [3.05, 3.63) is 94.0 Å². The van der Waals surface area contributed by atoms with E-state index in [0.717, 1.165) is 21.2 Å². The molecule has 0 saturated carbocycles. The van der Waals surface area contributed by atoms with Gasteiger partial charge < -0.3 is 14.2 Å². The highest BCUT2D eigenvalue weighted by Crippen LogP contribution is 2.36. The molecule has 1 heterocycles. The fraction of sp³-hybridized carbons (Fsp3) is 0.259. The lowest BCUT2D eigenvalue weighted by Gasteiger charge is -2.22. The maximum absolute atomic E-state index is 12.7. The maximum Gasteiger partial charge on any atom is 0.411 e. The Morgan fingerprint density at radius 2 is 1.85 bits per heavy atom. The number of carbonyl (C=O) groups excluding carboxylic acids is 2. The predicted octanol–water partition coefficient (Wildman–Crippen LogP) is 6.43. The molecule has 1 aliphatic rings. The summed E-state index contributed by atoms with van der Waals surface area (Å²) in [5.41, 5.74) is 2.61. The van der Waals surface area contributed by atoms with Crippen molar-refractivity contribution >= 4 is 28.0 Å². The highest BCUT2D eigenvalue weighted by Gasteiger charge is 2.39. The van der Waals surface area contributed by atoms with Gasteiger partial charge in [-0.2, -0.15) is 0 Å². The van der Waals surface area contributed by atoms with Crippen molar-refractivity contribution in [3.63, 3.8) is 0 Å². The summed E-state index contributed by atoms with van der Waals surface area (Å²) in [4.78, 5) is 26.3. The summed E-state index contributed by atoms with van der Waals surface area (Å²) < 4.78 is 17.8. The van der Waals surface area contributed by atoms with Crippen molar-refractivity contribution in [3.8, 4) is 11.5 Å². The van der Waals surface area contributed by atoms with Crippen LogP contribution in [0.1, 0.15) is 36.6 Å². The molecule has 0 aromatic heterocycles. The van der Waals surface area contributed by atoms with Crippen LogP contribution in [0, 0.1) is 0 Å². The first kappa shape index (κ1) is 23.8. The van der Waals surface area contributed by atoms with Crippen molar-refractivity contribution < 1.29 is 23.8 Å². The van der Waals surface area contributed by atoms with E-state index in [2.05, 4.69) is 15.9 Å². The van der Waals surface area contributed by atoms with Crippen LogP contribution in [-0.4, -0.2) is 29.6 Å². The number of hydrogen-bond donors (Lipinski definition) is 0. The Bertz CT molecular complexity index is 1170. The molecule has 6 nitrogen and oxygen atoms in total. The molecular formula is C27H26BrNO5. The van der Waals surface area contributed by atoms with Crippen LogP contribution >= 0.6 is 15.9 Å². The zero-order valence-corrected chi connectivity index (χ0v) is 20.7. The van der Waals surface area contributed by atoms with Crippen LogP contribution < -0.4 is 4.74 Å². The summed E-state index contributed by atoms with van der Waals surface area (Å²) in [6, 6.07) is 22.6. The molecule has 34 heavy (non-hydrogen) atoms. The van der Waals surface area contributed by atoms with E-state index < -0.39 is 0 Å². The van der Waals surface area contributed by atoms with Crippen molar-refractivity contribution in [2.75, 3.05) is 6.61 Å². The molecule has 0 N–H and O–H groups in total. The molecule has 1 fully saturated rings. The lowest BCUT2D eigenvalue weighted by molar-refractivity contribution is -0.142. The summed E-state index contributed by atoms with van der Waals surface area (Å²) in [6.45, 7) is 4.45. The zero-order chi connectivity index (χ0) is 24.1. The van der Waals surface area contributed by atoms with E-state index in [1.807, 2.05) is 79.7 Å². The third-order valence-electron chi connectivity index (χ3n) is 5.66. The average Bonchev–Trinajstić information content (AvgIpc) is 3.10.